The van der Waals surface area contributed by atoms with Crippen LogP contribution in [-0.4, -0.2) is 0 Å². The van der Waals surface area contributed by atoms with Crippen molar-refractivity contribution in [2.24, 2.45) is 0 Å². The third kappa shape index (κ3) is 9.00. The smallest absolute Gasteiger partial charge is 0.119 e. The second kappa shape index (κ2) is 17.0. The highest BCUT2D eigenvalue weighted by molar-refractivity contribution is 5.52. The largest absolute Gasteiger partial charge is 0.489 e. The van der Waals surface area contributed by atoms with Crippen molar-refractivity contribution in [2.45, 2.75) is 73.7 Å². The molecule has 44 heavy (non-hydrogen) atoms. The summed E-state index contributed by atoms with van der Waals surface area (Å²) in [7, 11) is 0. The van der Waals surface area contributed by atoms with Gasteiger partial charge in [0, 0.05) is 0 Å². The van der Waals surface area contributed by atoms with Crippen LogP contribution in [0.4, 0.5) is 0 Å². The summed E-state index contributed by atoms with van der Waals surface area (Å²) in [4.78, 5) is 0. The highest BCUT2D eigenvalue weighted by Gasteiger charge is 2.23. The molecule has 0 unspecified atom stereocenters. The van der Waals surface area contributed by atoms with Crippen LogP contribution in [-0.2, 0) is 39.1 Å². The quantitative estimate of drug-likeness (QED) is 0.146. The SMILES string of the molecule is CCc1c(COc2ccccc2)c(CC)c(COc2ccccc2)c(CC)c1COc1ccccc1.Cc1ccc(C)cc1. The summed E-state index contributed by atoms with van der Waals surface area (Å²) in [5.74, 6) is 2.64. The number of benzene rings is 5. The van der Waals surface area contributed by atoms with Crippen LogP contribution in [0.1, 0.15) is 65.3 Å². The maximum absolute atomic E-state index is 6.30. The Bertz CT molecular complexity index is 1350. The zero-order valence-corrected chi connectivity index (χ0v) is 26.9. The first kappa shape index (κ1) is 32.4. The Balaban J connectivity index is 0.000000479. The minimum Gasteiger partial charge on any atom is -0.489 e. The van der Waals surface area contributed by atoms with Gasteiger partial charge in [-0.1, -0.05) is 111 Å². The molecule has 0 aliphatic heterocycles. The number of ether oxygens (including phenoxy) is 3. The fourth-order valence-electron chi connectivity index (χ4n) is 5.55. The monoisotopic (exact) mass is 586 g/mol. The number of hydrogen-bond donors (Lipinski definition) is 0. The Morgan fingerprint density at radius 2 is 0.591 bits per heavy atom. The van der Waals surface area contributed by atoms with Crippen molar-refractivity contribution < 1.29 is 14.2 Å². The van der Waals surface area contributed by atoms with Gasteiger partial charge in [0.25, 0.3) is 0 Å². The normalized spacial score (nSPS) is 10.5. The number of para-hydroxylation sites is 3. The van der Waals surface area contributed by atoms with Gasteiger partial charge in [0.2, 0.25) is 0 Å². The van der Waals surface area contributed by atoms with Gasteiger partial charge in [-0.05, 0) is 103 Å². The van der Waals surface area contributed by atoms with Crippen molar-refractivity contribution in [2.75, 3.05) is 0 Å². The lowest BCUT2D eigenvalue weighted by Gasteiger charge is -2.26. The predicted molar refractivity (Wildman–Crippen MR) is 183 cm³/mol. The van der Waals surface area contributed by atoms with E-state index < -0.39 is 0 Å². The lowest BCUT2D eigenvalue weighted by Crippen LogP contribution is -2.17. The molecule has 0 heterocycles. The Labute approximate surface area is 264 Å². The third-order valence-electron chi connectivity index (χ3n) is 7.84. The minimum atomic E-state index is 0.525. The lowest BCUT2D eigenvalue weighted by atomic mass is 9.84. The highest BCUT2D eigenvalue weighted by atomic mass is 16.5. The third-order valence-corrected chi connectivity index (χ3v) is 7.84. The number of hydrogen-bond acceptors (Lipinski definition) is 3. The molecule has 0 saturated heterocycles. The van der Waals surface area contributed by atoms with Crippen LogP contribution in [0.25, 0.3) is 0 Å². The second-order valence-electron chi connectivity index (χ2n) is 10.9. The molecule has 3 heteroatoms. The molecule has 0 radical (unpaired) electrons. The summed E-state index contributed by atoms with van der Waals surface area (Å²) < 4.78 is 18.9. The fraction of sp³-hybridized carbons (Fsp3) is 0.268. The zero-order chi connectivity index (χ0) is 31.1. The van der Waals surface area contributed by atoms with Gasteiger partial charge in [0.05, 0.1) is 0 Å². The Morgan fingerprint density at radius 3 is 0.818 bits per heavy atom. The number of aryl methyl sites for hydroxylation is 2. The molecule has 0 saturated carbocycles. The molecule has 0 bridgehead atoms. The maximum atomic E-state index is 6.30. The van der Waals surface area contributed by atoms with E-state index in [1.165, 1.54) is 44.5 Å². The van der Waals surface area contributed by atoms with Gasteiger partial charge in [-0.25, -0.2) is 0 Å². The van der Waals surface area contributed by atoms with Crippen molar-refractivity contribution in [1.82, 2.24) is 0 Å². The fourth-order valence-corrected chi connectivity index (χ4v) is 5.55. The zero-order valence-electron chi connectivity index (χ0n) is 26.9. The Hall–Kier alpha value is -4.50. The van der Waals surface area contributed by atoms with Crippen molar-refractivity contribution in [3.63, 3.8) is 0 Å². The first-order chi connectivity index (χ1) is 21.5. The lowest BCUT2D eigenvalue weighted by molar-refractivity contribution is 0.288. The van der Waals surface area contributed by atoms with E-state index in [0.29, 0.717) is 19.8 Å². The van der Waals surface area contributed by atoms with Gasteiger partial charge in [-0.2, -0.15) is 0 Å². The van der Waals surface area contributed by atoms with E-state index in [-0.39, 0.29) is 0 Å². The van der Waals surface area contributed by atoms with Crippen molar-refractivity contribution in [3.05, 3.63) is 160 Å². The summed E-state index contributed by atoms with van der Waals surface area (Å²) in [5.41, 5.74) is 10.4. The van der Waals surface area contributed by atoms with E-state index in [0.717, 1.165) is 36.5 Å². The molecule has 0 aliphatic carbocycles. The van der Waals surface area contributed by atoms with E-state index in [2.05, 4.69) is 58.9 Å². The molecule has 0 aliphatic rings. The first-order valence-corrected chi connectivity index (χ1v) is 15.8. The summed E-state index contributed by atoms with van der Waals surface area (Å²) in [5, 5.41) is 0. The van der Waals surface area contributed by atoms with Gasteiger partial charge in [-0.3, -0.25) is 0 Å². The molecule has 0 fully saturated rings. The molecular formula is C41H46O3. The van der Waals surface area contributed by atoms with Crippen molar-refractivity contribution in [1.29, 1.82) is 0 Å². The van der Waals surface area contributed by atoms with Crippen LogP contribution < -0.4 is 14.2 Å². The molecule has 0 aromatic heterocycles. The minimum absolute atomic E-state index is 0.525. The van der Waals surface area contributed by atoms with E-state index in [9.17, 15) is 0 Å². The molecule has 0 spiro atoms. The average molecular weight is 587 g/mol. The Kier molecular flexibility index (Phi) is 12.5. The van der Waals surface area contributed by atoms with Crippen LogP contribution in [0, 0.1) is 13.8 Å². The predicted octanol–water partition coefficient (Wildman–Crippen LogP) is 10.4. The Morgan fingerprint density at radius 1 is 0.341 bits per heavy atom. The van der Waals surface area contributed by atoms with Crippen LogP contribution in [0.5, 0.6) is 17.2 Å². The summed E-state index contributed by atoms with van der Waals surface area (Å²) in [6.07, 6.45) is 2.75. The standard InChI is InChI=1S/C33H36O3.C8H10/c1-4-28-31(22-34-25-16-10-7-11-17-25)29(5-2)33(24-36-27-20-14-9-15-21-27)30(6-3)32(28)23-35-26-18-12-8-13-19-26;1-7-3-5-8(2)6-4-7/h7-21H,4-6,22-24H2,1-3H3;3-6H,1-2H3. The second-order valence-corrected chi connectivity index (χ2v) is 10.9. The molecule has 0 N–H and O–H groups in total. The summed E-state index contributed by atoms with van der Waals surface area (Å²) in [6, 6.07) is 38.6. The van der Waals surface area contributed by atoms with E-state index in [1.54, 1.807) is 0 Å². The van der Waals surface area contributed by atoms with Crippen LogP contribution in [0.3, 0.4) is 0 Å². The van der Waals surface area contributed by atoms with E-state index in [1.807, 2.05) is 91.0 Å². The summed E-state index contributed by atoms with van der Waals surface area (Å²) >= 11 is 0. The van der Waals surface area contributed by atoms with Gasteiger partial charge < -0.3 is 14.2 Å². The van der Waals surface area contributed by atoms with Gasteiger partial charge in [-0.15, -0.1) is 0 Å². The van der Waals surface area contributed by atoms with Crippen LogP contribution in [0.2, 0.25) is 0 Å². The molecule has 228 valence electrons. The molecule has 5 rings (SSSR count). The van der Waals surface area contributed by atoms with Crippen LogP contribution >= 0.6 is 0 Å². The topological polar surface area (TPSA) is 27.7 Å². The molecule has 0 atom stereocenters. The first-order valence-electron chi connectivity index (χ1n) is 15.8. The van der Waals surface area contributed by atoms with Crippen LogP contribution in [0.15, 0.2) is 115 Å². The molecule has 3 nitrogen and oxygen atoms in total. The highest BCUT2D eigenvalue weighted by Crippen LogP contribution is 2.33. The molecule has 5 aromatic carbocycles. The molecule has 0 amide bonds. The van der Waals surface area contributed by atoms with E-state index >= 15 is 0 Å². The van der Waals surface area contributed by atoms with Gasteiger partial charge in [0.15, 0.2) is 0 Å². The van der Waals surface area contributed by atoms with Crippen molar-refractivity contribution in [3.8, 4) is 17.2 Å². The number of rotatable bonds is 12. The van der Waals surface area contributed by atoms with Gasteiger partial charge >= 0.3 is 0 Å². The summed E-state index contributed by atoms with van der Waals surface area (Å²) in [6.45, 7) is 12.5. The molecular weight excluding hydrogens is 540 g/mol. The maximum Gasteiger partial charge on any atom is 0.119 e. The average Bonchev–Trinajstić information content (AvgIpc) is 3.07. The van der Waals surface area contributed by atoms with Crippen molar-refractivity contribution >= 4 is 0 Å². The molecule has 5 aromatic rings. The van der Waals surface area contributed by atoms with E-state index in [4.69, 9.17) is 14.2 Å². The van der Waals surface area contributed by atoms with Gasteiger partial charge in [0.1, 0.15) is 37.1 Å².